The van der Waals surface area contributed by atoms with E-state index in [1.807, 2.05) is 18.2 Å². The van der Waals surface area contributed by atoms with E-state index in [0.717, 1.165) is 47.5 Å². The van der Waals surface area contributed by atoms with Crippen LogP contribution in [0.3, 0.4) is 0 Å². The minimum absolute atomic E-state index is 0.261. The summed E-state index contributed by atoms with van der Waals surface area (Å²) in [5.41, 5.74) is 1.09. The first-order valence-electron chi connectivity index (χ1n) is 6.42. The van der Waals surface area contributed by atoms with Crippen molar-refractivity contribution in [3.05, 3.63) is 33.3 Å². The maximum atomic E-state index is 10.8. The number of benzene rings is 1. The van der Waals surface area contributed by atoms with Crippen molar-refractivity contribution >= 4 is 33.5 Å². The van der Waals surface area contributed by atoms with Gasteiger partial charge in [-0.1, -0.05) is 27.5 Å². The zero-order valence-corrected chi connectivity index (χ0v) is 13.0. The summed E-state index contributed by atoms with van der Waals surface area (Å²) in [6.45, 7) is 2.64. The summed E-state index contributed by atoms with van der Waals surface area (Å²) in [5.74, 6) is -0.440. The summed E-state index contributed by atoms with van der Waals surface area (Å²) < 4.78 is 1.02. The van der Waals surface area contributed by atoms with E-state index in [0.29, 0.717) is 0 Å². The number of nitrogens with zero attached hydrogens (tertiary/aromatic N) is 1. The highest BCUT2D eigenvalue weighted by Crippen LogP contribution is 2.25. The van der Waals surface area contributed by atoms with Gasteiger partial charge in [0.1, 0.15) is 0 Å². The van der Waals surface area contributed by atoms with Gasteiger partial charge < -0.3 is 5.11 Å². The van der Waals surface area contributed by atoms with Crippen LogP contribution >= 0.6 is 27.5 Å². The molecule has 0 bridgehead atoms. The van der Waals surface area contributed by atoms with Crippen LogP contribution in [0.1, 0.15) is 24.8 Å². The molecule has 1 heterocycles. The van der Waals surface area contributed by atoms with Crippen LogP contribution in [0, 0.1) is 5.92 Å². The van der Waals surface area contributed by atoms with Crippen LogP contribution in [-0.2, 0) is 11.3 Å². The molecule has 1 unspecified atom stereocenters. The third-order valence-electron chi connectivity index (χ3n) is 3.47. The molecule has 104 valence electrons. The molecule has 2 rings (SSSR count). The van der Waals surface area contributed by atoms with Crippen molar-refractivity contribution in [1.82, 2.24) is 4.90 Å². The first-order valence-corrected chi connectivity index (χ1v) is 7.60. The number of aliphatic carboxylic acids is 1. The third-order valence-corrected chi connectivity index (χ3v) is 4.33. The van der Waals surface area contributed by atoms with Crippen LogP contribution in [0.25, 0.3) is 0 Å². The van der Waals surface area contributed by atoms with Gasteiger partial charge in [-0.25, -0.2) is 0 Å². The van der Waals surface area contributed by atoms with Crippen molar-refractivity contribution < 1.29 is 9.90 Å². The molecule has 0 spiro atoms. The summed E-state index contributed by atoms with van der Waals surface area (Å²) in [7, 11) is 0. The van der Waals surface area contributed by atoms with Crippen molar-refractivity contribution in [3.8, 4) is 0 Å². The van der Waals surface area contributed by atoms with Crippen molar-refractivity contribution in [2.24, 2.45) is 5.92 Å². The van der Waals surface area contributed by atoms with Crippen molar-refractivity contribution in [2.45, 2.75) is 25.8 Å². The summed E-state index contributed by atoms with van der Waals surface area (Å²) in [6.07, 6.45) is 2.33. The number of piperidine rings is 1. The lowest BCUT2D eigenvalue weighted by Gasteiger charge is -2.32. The smallest absolute Gasteiger partial charge is 0.303 e. The summed E-state index contributed by atoms with van der Waals surface area (Å²) in [4.78, 5) is 13.1. The lowest BCUT2D eigenvalue weighted by atomic mass is 9.94. The van der Waals surface area contributed by atoms with Crippen LogP contribution in [-0.4, -0.2) is 29.1 Å². The van der Waals surface area contributed by atoms with Gasteiger partial charge in [-0.05, 0) is 49.1 Å². The molecule has 0 aromatic heterocycles. The molecule has 5 heteroatoms. The molecule has 1 aliphatic heterocycles. The molecular formula is C14H17BrClNO2. The minimum Gasteiger partial charge on any atom is -0.481 e. The van der Waals surface area contributed by atoms with Gasteiger partial charge in [-0.2, -0.15) is 0 Å². The number of halogens is 2. The fourth-order valence-electron chi connectivity index (χ4n) is 2.61. The molecule has 1 atom stereocenters. The third kappa shape index (κ3) is 4.48. The zero-order chi connectivity index (χ0) is 13.8. The number of rotatable bonds is 4. The van der Waals surface area contributed by atoms with Crippen LogP contribution < -0.4 is 0 Å². The Kier molecular flexibility index (Phi) is 5.25. The van der Waals surface area contributed by atoms with Gasteiger partial charge in [0.05, 0.1) is 0 Å². The lowest BCUT2D eigenvalue weighted by molar-refractivity contribution is -0.138. The molecule has 1 N–H and O–H groups in total. The second-order valence-electron chi connectivity index (χ2n) is 5.08. The van der Waals surface area contributed by atoms with Gasteiger partial charge in [-0.3, -0.25) is 9.69 Å². The molecule has 0 saturated carbocycles. The van der Waals surface area contributed by atoms with Crippen LogP contribution in [0.5, 0.6) is 0 Å². The van der Waals surface area contributed by atoms with Crippen molar-refractivity contribution in [1.29, 1.82) is 0 Å². The van der Waals surface area contributed by atoms with Gasteiger partial charge in [0, 0.05) is 29.0 Å². The van der Waals surface area contributed by atoms with Crippen molar-refractivity contribution in [3.63, 3.8) is 0 Å². The number of hydrogen-bond donors (Lipinski definition) is 1. The molecule has 0 amide bonds. The summed E-state index contributed by atoms with van der Waals surface area (Å²) in [6, 6.07) is 5.85. The number of carboxylic acids is 1. The number of hydrogen-bond acceptors (Lipinski definition) is 2. The quantitative estimate of drug-likeness (QED) is 0.902. The Morgan fingerprint density at radius 3 is 3.05 bits per heavy atom. The second-order valence-corrected chi connectivity index (χ2v) is 6.40. The topological polar surface area (TPSA) is 40.5 Å². The van der Waals surface area contributed by atoms with E-state index in [2.05, 4.69) is 20.8 Å². The monoisotopic (exact) mass is 345 g/mol. The Hall–Kier alpha value is -0.580. The normalized spacial score (nSPS) is 20.4. The highest BCUT2D eigenvalue weighted by atomic mass is 79.9. The Balaban J connectivity index is 1.98. The van der Waals surface area contributed by atoms with Gasteiger partial charge in [0.2, 0.25) is 0 Å². The van der Waals surface area contributed by atoms with Gasteiger partial charge in [0.25, 0.3) is 0 Å². The molecule has 1 aliphatic rings. The van der Waals surface area contributed by atoms with E-state index in [9.17, 15) is 4.79 Å². The fourth-order valence-corrected chi connectivity index (χ4v) is 3.20. The molecule has 1 aromatic carbocycles. The van der Waals surface area contributed by atoms with Gasteiger partial charge in [-0.15, -0.1) is 0 Å². The molecule has 1 fully saturated rings. The predicted molar refractivity (Wildman–Crippen MR) is 79.4 cm³/mol. The van der Waals surface area contributed by atoms with E-state index < -0.39 is 5.97 Å². The highest BCUT2D eigenvalue weighted by molar-refractivity contribution is 9.10. The Morgan fingerprint density at radius 1 is 1.53 bits per heavy atom. The zero-order valence-electron chi connectivity index (χ0n) is 10.6. The molecule has 1 saturated heterocycles. The van der Waals surface area contributed by atoms with Crippen molar-refractivity contribution in [2.75, 3.05) is 13.1 Å². The second kappa shape index (κ2) is 6.73. The summed E-state index contributed by atoms with van der Waals surface area (Å²) >= 11 is 9.65. The lowest BCUT2D eigenvalue weighted by Crippen LogP contribution is -2.35. The SMILES string of the molecule is O=C(O)CC1CCCN(Cc2cc(Br)ccc2Cl)C1. The summed E-state index contributed by atoms with van der Waals surface area (Å²) in [5, 5.41) is 9.64. The van der Waals surface area contributed by atoms with E-state index in [4.69, 9.17) is 16.7 Å². The van der Waals surface area contributed by atoms with E-state index in [1.165, 1.54) is 0 Å². The minimum atomic E-state index is -0.702. The first-order chi connectivity index (χ1) is 9.04. The average molecular weight is 347 g/mol. The average Bonchev–Trinajstić information content (AvgIpc) is 2.33. The molecule has 1 aromatic rings. The predicted octanol–water partition coefficient (Wildman–Crippen LogP) is 3.79. The number of carboxylic acid groups (broad SMARTS) is 1. The van der Waals surface area contributed by atoms with Crippen LogP contribution in [0.2, 0.25) is 5.02 Å². The maximum absolute atomic E-state index is 10.8. The van der Waals surface area contributed by atoms with Gasteiger partial charge >= 0.3 is 5.97 Å². The van der Waals surface area contributed by atoms with E-state index in [1.54, 1.807) is 0 Å². The Bertz CT molecular complexity index is 467. The standard InChI is InChI=1S/C14H17BrClNO2/c15-12-3-4-13(16)11(7-12)9-17-5-1-2-10(8-17)6-14(18)19/h3-4,7,10H,1-2,5-6,8-9H2,(H,18,19). The molecule has 3 nitrogen and oxygen atoms in total. The highest BCUT2D eigenvalue weighted by Gasteiger charge is 2.22. The van der Waals surface area contributed by atoms with Crippen LogP contribution in [0.4, 0.5) is 0 Å². The molecule has 0 aliphatic carbocycles. The van der Waals surface area contributed by atoms with Gasteiger partial charge in [0.15, 0.2) is 0 Å². The Labute approximate surface area is 126 Å². The molecular weight excluding hydrogens is 330 g/mol. The number of likely N-dealkylation sites (tertiary alicyclic amines) is 1. The molecule has 0 radical (unpaired) electrons. The number of carbonyl (C=O) groups is 1. The van der Waals surface area contributed by atoms with Crippen LogP contribution in [0.15, 0.2) is 22.7 Å². The van der Waals surface area contributed by atoms with E-state index >= 15 is 0 Å². The first kappa shape index (κ1) is 14.8. The Morgan fingerprint density at radius 2 is 2.32 bits per heavy atom. The van der Waals surface area contributed by atoms with E-state index in [-0.39, 0.29) is 12.3 Å². The molecule has 19 heavy (non-hydrogen) atoms. The maximum Gasteiger partial charge on any atom is 0.303 e. The fraction of sp³-hybridized carbons (Fsp3) is 0.500. The largest absolute Gasteiger partial charge is 0.481 e.